The van der Waals surface area contributed by atoms with Crippen LogP contribution in [0.4, 0.5) is 11.5 Å². The Balaban J connectivity index is 0.00000338. The van der Waals surface area contributed by atoms with Gasteiger partial charge in [-0.1, -0.05) is 30.3 Å². The Hall–Kier alpha value is -2.03. The number of nitrogens with one attached hydrogen (secondary N) is 3. The molecule has 0 unspecified atom stereocenters. The second-order valence-electron chi connectivity index (χ2n) is 5.35. The second-order valence-corrected chi connectivity index (χ2v) is 6.34. The molecule has 0 radical (unpaired) electrons. The van der Waals surface area contributed by atoms with Crippen molar-refractivity contribution in [1.29, 1.82) is 0 Å². The predicted molar refractivity (Wildman–Crippen MR) is 107 cm³/mol. The molecule has 1 heterocycles. The Morgan fingerprint density at radius 2 is 1.85 bits per heavy atom. The van der Waals surface area contributed by atoms with E-state index in [1.54, 1.807) is 13.0 Å². The molecule has 3 N–H and O–H groups in total. The van der Waals surface area contributed by atoms with Gasteiger partial charge in [0, 0.05) is 18.3 Å². The SMILES string of the molecule is CCNCc1ccccc1NC(=O)CSCC(=O)Nc1cc(C)on1.Cl. The molecule has 0 atom stereocenters. The van der Waals surface area contributed by atoms with Crippen molar-refractivity contribution in [3.8, 4) is 0 Å². The van der Waals surface area contributed by atoms with Gasteiger partial charge >= 0.3 is 0 Å². The summed E-state index contributed by atoms with van der Waals surface area (Å²) in [5, 5.41) is 12.4. The fraction of sp³-hybridized carbons (Fsp3) is 0.353. The number of aryl methyl sites for hydroxylation is 1. The van der Waals surface area contributed by atoms with E-state index in [9.17, 15) is 9.59 Å². The third kappa shape index (κ3) is 7.47. The Morgan fingerprint density at radius 3 is 2.50 bits per heavy atom. The van der Waals surface area contributed by atoms with Gasteiger partial charge in [0.05, 0.1) is 11.5 Å². The Morgan fingerprint density at radius 1 is 1.15 bits per heavy atom. The summed E-state index contributed by atoms with van der Waals surface area (Å²) in [6.07, 6.45) is 0. The van der Waals surface area contributed by atoms with Gasteiger partial charge in [0.2, 0.25) is 11.8 Å². The van der Waals surface area contributed by atoms with Crippen LogP contribution in [0.15, 0.2) is 34.9 Å². The summed E-state index contributed by atoms with van der Waals surface area (Å²) < 4.78 is 4.87. The third-order valence-corrected chi connectivity index (χ3v) is 4.15. The number of carbonyl (C=O) groups excluding carboxylic acids is 2. The molecule has 7 nitrogen and oxygen atoms in total. The van der Waals surface area contributed by atoms with Crippen LogP contribution >= 0.6 is 24.2 Å². The zero-order chi connectivity index (χ0) is 18.1. The summed E-state index contributed by atoms with van der Waals surface area (Å²) in [7, 11) is 0. The van der Waals surface area contributed by atoms with Gasteiger partial charge in [0.15, 0.2) is 5.82 Å². The smallest absolute Gasteiger partial charge is 0.235 e. The molecule has 2 rings (SSSR count). The maximum Gasteiger partial charge on any atom is 0.235 e. The lowest BCUT2D eigenvalue weighted by molar-refractivity contribution is -0.114. The van der Waals surface area contributed by atoms with Crippen molar-refractivity contribution in [1.82, 2.24) is 10.5 Å². The summed E-state index contributed by atoms with van der Waals surface area (Å²) in [4.78, 5) is 23.9. The molecule has 9 heteroatoms. The fourth-order valence-electron chi connectivity index (χ4n) is 2.08. The number of carbonyl (C=O) groups is 2. The van der Waals surface area contributed by atoms with Gasteiger partial charge < -0.3 is 20.5 Å². The maximum atomic E-state index is 12.1. The van der Waals surface area contributed by atoms with Crippen molar-refractivity contribution in [2.75, 3.05) is 28.7 Å². The molecule has 0 aliphatic rings. The molecule has 1 aromatic carbocycles. The number of amides is 2. The zero-order valence-electron chi connectivity index (χ0n) is 14.7. The number of halogens is 1. The summed E-state index contributed by atoms with van der Waals surface area (Å²) in [5.41, 5.74) is 1.82. The van der Waals surface area contributed by atoms with Gasteiger partial charge in [-0.3, -0.25) is 9.59 Å². The van der Waals surface area contributed by atoms with E-state index < -0.39 is 0 Å². The molecular weight excluding hydrogens is 376 g/mol. The van der Waals surface area contributed by atoms with Crippen LogP contribution in [-0.4, -0.2) is 35.0 Å². The predicted octanol–water partition coefficient (Wildman–Crippen LogP) is 2.82. The first-order valence-electron chi connectivity index (χ1n) is 7.98. The minimum absolute atomic E-state index is 0. The lowest BCUT2D eigenvalue weighted by Gasteiger charge is -2.11. The first-order valence-corrected chi connectivity index (χ1v) is 9.13. The van der Waals surface area contributed by atoms with E-state index in [-0.39, 0.29) is 35.7 Å². The Bertz CT molecular complexity index is 724. The van der Waals surface area contributed by atoms with E-state index in [1.165, 1.54) is 11.8 Å². The number of nitrogens with zero attached hydrogens (tertiary/aromatic N) is 1. The summed E-state index contributed by atoms with van der Waals surface area (Å²) >= 11 is 1.24. The standard InChI is InChI=1S/C17H22N4O3S.ClH/c1-3-18-9-13-6-4-5-7-14(13)19-16(22)10-25-11-17(23)20-15-8-12(2)24-21-15;/h4-8,18H,3,9-11H2,1-2H3,(H,19,22)(H,20,21,23);1H. The maximum absolute atomic E-state index is 12.1. The average Bonchev–Trinajstić information content (AvgIpc) is 2.99. The van der Waals surface area contributed by atoms with Gasteiger partial charge in [0.25, 0.3) is 0 Å². The lowest BCUT2D eigenvalue weighted by Crippen LogP contribution is -2.20. The minimum atomic E-state index is -0.223. The van der Waals surface area contributed by atoms with E-state index in [2.05, 4.69) is 21.1 Å². The fourth-order valence-corrected chi connectivity index (χ4v) is 2.70. The highest BCUT2D eigenvalue weighted by atomic mass is 35.5. The first-order chi connectivity index (χ1) is 12.1. The number of aromatic nitrogens is 1. The van der Waals surface area contributed by atoms with Gasteiger partial charge in [-0.25, -0.2) is 0 Å². The van der Waals surface area contributed by atoms with Crippen LogP contribution in [0.3, 0.4) is 0 Å². The largest absolute Gasteiger partial charge is 0.360 e. The van der Waals surface area contributed by atoms with E-state index >= 15 is 0 Å². The molecule has 0 spiro atoms. The van der Waals surface area contributed by atoms with Gasteiger partial charge in [0.1, 0.15) is 5.76 Å². The molecule has 2 amide bonds. The molecular formula is C17H23ClN4O3S. The average molecular weight is 399 g/mol. The number of thioether (sulfide) groups is 1. The Labute approximate surface area is 163 Å². The Kier molecular flexibility index (Phi) is 9.79. The molecule has 0 fully saturated rings. The molecule has 2 aromatic rings. The van der Waals surface area contributed by atoms with Crippen LogP contribution < -0.4 is 16.0 Å². The molecule has 26 heavy (non-hydrogen) atoms. The highest BCUT2D eigenvalue weighted by molar-refractivity contribution is 8.00. The number of hydrogen-bond donors (Lipinski definition) is 3. The van der Waals surface area contributed by atoms with E-state index in [4.69, 9.17) is 4.52 Å². The number of hydrogen-bond acceptors (Lipinski definition) is 6. The van der Waals surface area contributed by atoms with Gasteiger partial charge in [-0.2, -0.15) is 0 Å². The molecule has 142 valence electrons. The topological polar surface area (TPSA) is 96.3 Å². The number of rotatable bonds is 9. The van der Waals surface area contributed by atoms with E-state index in [1.807, 2.05) is 31.2 Å². The third-order valence-electron chi connectivity index (χ3n) is 3.22. The van der Waals surface area contributed by atoms with Gasteiger partial charge in [-0.15, -0.1) is 24.2 Å². The van der Waals surface area contributed by atoms with Crippen molar-refractivity contribution in [3.05, 3.63) is 41.7 Å². The molecule has 0 bridgehead atoms. The van der Waals surface area contributed by atoms with Crippen molar-refractivity contribution in [3.63, 3.8) is 0 Å². The van der Waals surface area contributed by atoms with Crippen LogP contribution in [0.2, 0.25) is 0 Å². The van der Waals surface area contributed by atoms with Crippen molar-refractivity contribution in [2.45, 2.75) is 20.4 Å². The number of benzene rings is 1. The number of para-hydroxylation sites is 1. The van der Waals surface area contributed by atoms with E-state index in [0.717, 1.165) is 17.8 Å². The highest BCUT2D eigenvalue weighted by Crippen LogP contribution is 2.15. The molecule has 0 aliphatic heterocycles. The first kappa shape index (κ1) is 22.0. The van der Waals surface area contributed by atoms with Crippen LogP contribution in [0, 0.1) is 6.92 Å². The van der Waals surface area contributed by atoms with Crippen LogP contribution in [0.25, 0.3) is 0 Å². The second kappa shape index (κ2) is 11.6. The molecule has 0 aliphatic carbocycles. The van der Waals surface area contributed by atoms with Crippen LogP contribution in [-0.2, 0) is 16.1 Å². The quantitative estimate of drug-likeness (QED) is 0.601. The normalized spacial score (nSPS) is 10.1. The minimum Gasteiger partial charge on any atom is -0.360 e. The van der Waals surface area contributed by atoms with Crippen LogP contribution in [0.1, 0.15) is 18.2 Å². The summed E-state index contributed by atoms with van der Waals surface area (Å²) in [6.45, 7) is 5.33. The van der Waals surface area contributed by atoms with Crippen LogP contribution in [0.5, 0.6) is 0 Å². The molecule has 1 aromatic heterocycles. The lowest BCUT2D eigenvalue weighted by atomic mass is 10.1. The van der Waals surface area contributed by atoms with E-state index in [0.29, 0.717) is 18.1 Å². The van der Waals surface area contributed by atoms with Crippen molar-refractivity contribution in [2.24, 2.45) is 0 Å². The number of anilines is 2. The van der Waals surface area contributed by atoms with Crippen molar-refractivity contribution < 1.29 is 14.1 Å². The monoisotopic (exact) mass is 398 g/mol. The summed E-state index contributed by atoms with van der Waals surface area (Å²) in [6, 6.07) is 9.29. The van der Waals surface area contributed by atoms with Gasteiger partial charge in [-0.05, 0) is 25.1 Å². The highest BCUT2D eigenvalue weighted by Gasteiger charge is 2.10. The molecule has 0 saturated heterocycles. The zero-order valence-corrected chi connectivity index (χ0v) is 16.3. The summed E-state index contributed by atoms with van der Waals surface area (Å²) in [5.74, 6) is 1.00. The molecule has 0 saturated carbocycles. The van der Waals surface area contributed by atoms with Crippen molar-refractivity contribution >= 4 is 47.5 Å².